The number of hydrogen-bond acceptors (Lipinski definition) is 6. The Morgan fingerprint density at radius 2 is 2.00 bits per heavy atom. The zero-order valence-electron chi connectivity index (χ0n) is 14.8. The van der Waals surface area contributed by atoms with Crippen LogP contribution in [-0.4, -0.2) is 79.7 Å². The van der Waals surface area contributed by atoms with Gasteiger partial charge in [-0.1, -0.05) is 0 Å². The van der Waals surface area contributed by atoms with Gasteiger partial charge in [-0.2, -0.15) is 17.0 Å². The van der Waals surface area contributed by atoms with Gasteiger partial charge in [-0.15, -0.1) is 0 Å². The van der Waals surface area contributed by atoms with Gasteiger partial charge >= 0.3 is 0 Å². The standard InChI is InChI=1S/C15H26N6O2S/c1-16-15-12-10-20(4)7-6-13(12)17-14(18-15)11-5-8-21(9-11)24(22,23)19(2)3/h11H,5-10H2,1-4H3,(H,16,17,18)/t11-/m0/s1. The summed E-state index contributed by atoms with van der Waals surface area (Å²) >= 11 is 0. The third-order valence-corrected chi connectivity index (χ3v) is 6.72. The molecule has 0 saturated carbocycles. The number of nitrogens with zero attached hydrogens (tertiary/aromatic N) is 5. The summed E-state index contributed by atoms with van der Waals surface area (Å²) in [6.07, 6.45) is 1.66. The van der Waals surface area contributed by atoms with Crippen molar-refractivity contribution in [2.45, 2.75) is 25.3 Å². The molecular formula is C15H26N6O2S. The summed E-state index contributed by atoms with van der Waals surface area (Å²) in [4.78, 5) is 11.7. The number of aromatic nitrogens is 2. The van der Waals surface area contributed by atoms with Crippen molar-refractivity contribution in [3.8, 4) is 0 Å². The Bertz CT molecular complexity index is 704. The number of nitrogens with one attached hydrogen (secondary N) is 1. The quantitative estimate of drug-likeness (QED) is 0.826. The Morgan fingerprint density at radius 3 is 2.67 bits per heavy atom. The van der Waals surface area contributed by atoms with Crippen molar-refractivity contribution in [2.75, 3.05) is 53.1 Å². The highest BCUT2D eigenvalue weighted by molar-refractivity contribution is 7.86. The molecule has 9 heteroatoms. The van der Waals surface area contributed by atoms with Crippen LogP contribution in [-0.2, 0) is 23.2 Å². The predicted molar refractivity (Wildman–Crippen MR) is 93.2 cm³/mol. The zero-order valence-corrected chi connectivity index (χ0v) is 15.6. The molecule has 1 atom stereocenters. The molecule has 0 amide bonds. The average molecular weight is 354 g/mol. The van der Waals surface area contributed by atoms with Crippen LogP contribution in [0.3, 0.4) is 0 Å². The van der Waals surface area contributed by atoms with Crippen LogP contribution >= 0.6 is 0 Å². The number of hydrogen-bond donors (Lipinski definition) is 1. The normalized spacial score (nSPS) is 22.8. The maximum atomic E-state index is 12.3. The van der Waals surface area contributed by atoms with Gasteiger partial charge in [0.05, 0.1) is 5.69 Å². The van der Waals surface area contributed by atoms with Gasteiger partial charge in [0.15, 0.2) is 0 Å². The van der Waals surface area contributed by atoms with Gasteiger partial charge in [0.1, 0.15) is 11.6 Å². The van der Waals surface area contributed by atoms with Crippen molar-refractivity contribution >= 4 is 16.0 Å². The Morgan fingerprint density at radius 1 is 1.25 bits per heavy atom. The van der Waals surface area contributed by atoms with Crippen molar-refractivity contribution in [3.63, 3.8) is 0 Å². The topological polar surface area (TPSA) is 81.7 Å². The summed E-state index contributed by atoms with van der Waals surface area (Å²) in [5, 5.41) is 3.18. The molecule has 1 saturated heterocycles. The van der Waals surface area contributed by atoms with Gasteiger partial charge in [-0.05, 0) is 13.5 Å². The fourth-order valence-electron chi connectivity index (χ4n) is 3.34. The van der Waals surface area contributed by atoms with E-state index < -0.39 is 10.2 Å². The van der Waals surface area contributed by atoms with Crippen LogP contribution in [0, 0.1) is 0 Å². The lowest BCUT2D eigenvalue weighted by atomic mass is 10.0. The summed E-state index contributed by atoms with van der Waals surface area (Å²) in [5.41, 5.74) is 2.25. The lowest BCUT2D eigenvalue weighted by molar-refractivity contribution is 0.309. The molecular weight excluding hydrogens is 328 g/mol. The van der Waals surface area contributed by atoms with Crippen molar-refractivity contribution in [2.24, 2.45) is 0 Å². The van der Waals surface area contributed by atoms with Gasteiger partial charge in [-0.3, -0.25) is 0 Å². The van der Waals surface area contributed by atoms with E-state index in [1.54, 1.807) is 14.1 Å². The Balaban J connectivity index is 1.86. The van der Waals surface area contributed by atoms with Crippen LogP contribution in [0.15, 0.2) is 0 Å². The lowest BCUT2D eigenvalue weighted by Crippen LogP contribution is -2.38. The zero-order chi connectivity index (χ0) is 17.5. The number of anilines is 1. The molecule has 3 rings (SSSR count). The number of fused-ring (bicyclic) bond motifs is 1. The van der Waals surface area contributed by atoms with Crippen LogP contribution in [0.25, 0.3) is 0 Å². The minimum atomic E-state index is -3.37. The minimum absolute atomic E-state index is 0.0526. The fraction of sp³-hybridized carbons (Fsp3) is 0.733. The molecule has 2 aliphatic heterocycles. The van der Waals surface area contributed by atoms with E-state index >= 15 is 0 Å². The highest BCUT2D eigenvalue weighted by Gasteiger charge is 2.35. The number of rotatable bonds is 4. The van der Waals surface area contributed by atoms with E-state index in [2.05, 4.69) is 17.3 Å². The van der Waals surface area contributed by atoms with Gasteiger partial charge in [0, 0.05) is 65.2 Å². The fourth-order valence-corrected chi connectivity index (χ4v) is 4.50. The first-order valence-electron chi connectivity index (χ1n) is 8.26. The Hall–Kier alpha value is -1.29. The molecule has 0 aliphatic carbocycles. The van der Waals surface area contributed by atoms with Crippen LogP contribution in [0.5, 0.6) is 0 Å². The van der Waals surface area contributed by atoms with Crippen LogP contribution in [0.1, 0.15) is 29.4 Å². The van der Waals surface area contributed by atoms with Gasteiger partial charge < -0.3 is 10.2 Å². The molecule has 0 aromatic carbocycles. The largest absolute Gasteiger partial charge is 0.373 e. The third kappa shape index (κ3) is 3.13. The molecule has 1 fully saturated rings. The van der Waals surface area contributed by atoms with E-state index in [1.807, 2.05) is 7.05 Å². The van der Waals surface area contributed by atoms with Crippen molar-refractivity contribution < 1.29 is 8.42 Å². The molecule has 0 radical (unpaired) electrons. The summed E-state index contributed by atoms with van der Waals surface area (Å²) in [6, 6.07) is 0. The first-order chi connectivity index (χ1) is 11.3. The average Bonchev–Trinajstić information content (AvgIpc) is 3.04. The van der Waals surface area contributed by atoms with Crippen molar-refractivity contribution in [1.82, 2.24) is 23.5 Å². The van der Waals surface area contributed by atoms with Gasteiger partial charge in [0.25, 0.3) is 10.2 Å². The first-order valence-corrected chi connectivity index (χ1v) is 9.66. The van der Waals surface area contributed by atoms with Crippen molar-refractivity contribution in [1.29, 1.82) is 0 Å². The molecule has 1 N–H and O–H groups in total. The second kappa shape index (κ2) is 6.55. The van der Waals surface area contributed by atoms with Crippen LogP contribution in [0.2, 0.25) is 0 Å². The molecule has 24 heavy (non-hydrogen) atoms. The second-order valence-corrected chi connectivity index (χ2v) is 8.87. The van der Waals surface area contributed by atoms with Crippen LogP contribution < -0.4 is 5.32 Å². The molecule has 1 aromatic heterocycles. The van der Waals surface area contributed by atoms with Crippen molar-refractivity contribution in [3.05, 3.63) is 17.1 Å². The van der Waals surface area contributed by atoms with E-state index in [9.17, 15) is 8.42 Å². The number of likely N-dealkylation sites (N-methyl/N-ethyl adjacent to an activating group) is 1. The molecule has 8 nitrogen and oxygen atoms in total. The highest BCUT2D eigenvalue weighted by Crippen LogP contribution is 2.31. The second-order valence-electron chi connectivity index (χ2n) is 6.73. The molecule has 134 valence electrons. The van der Waals surface area contributed by atoms with Crippen LogP contribution in [0.4, 0.5) is 5.82 Å². The minimum Gasteiger partial charge on any atom is -0.373 e. The molecule has 2 aliphatic rings. The molecule has 0 bridgehead atoms. The van der Waals surface area contributed by atoms with E-state index in [0.717, 1.165) is 48.8 Å². The van der Waals surface area contributed by atoms with E-state index in [1.165, 1.54) is 8.61 Å². The maximum Gasteiger partial charge on any atom is 0.281 e. The third-order valence-electron chi connectivity index (χ3n) is 4.81. The Labute approximate surface area is 144 Å². The monoisotopic (exact) mass is 354 g/mol. The molecule has 0 spiro atoms. The molecule has 1 aromatic rings. The highest BCUT2D eigenvalue weighted by atomic mass is 32.2. The van der Waals surface area contributed by atoms with E-state index in [-0.39, 0.29) is 5.92 Å². The summed E-state index contributed by atoms with van der Waals surface area (Å²) in [6.45, 7) is 2.79. The SMILES string of the molecule is CNc1nc([C@H]2CCN(S(=O)(=O)N(C)C)C2)nc2c1CN(C)CC2. The molecule has 0 unspecified atom stereocenters. The molecule has 3 heterocycles. The smallest absolute Gasteiger partial charge is 0.281 e. The maximum absolute atomic E-state index is 12.3. The summed E-state index contributed by atoms with van der Waals surface area (Å²) < 4.78 is 27.4. The van der Waals surface area contributed by atoms with E-state index in [4.69, 9.17) is 9.97 Å². The summed E-state index contributed by atoms with van der Waals surface area (Å²) in [7, 11) is 3.73. The van der Waals surface area contributed by atoms with E-state index in [0.29, 0.717) is 13.1 Å². The lowest BCUT2D eigenvalue weighted by Gasteiger charge is -2.27. The van der Waals surface area contributed by atoms with Gasteiger partial charge in [0.2, 0.25) is 0 Å². The predicted octanol–water partition coefficient (Wildman–Crippen LogP) is 0.102. The summed E-state index contributed by atoms with van der Waals surface area (Å²) in [5.74, 6) is 1.69. The Kier molecular flexibility index (Phi) is 4.78. The first kappa shape index (κ1) is 17.5. The van der Waals surface area contributed by atoms with Gasteiger partial charge in [-0.25, -0.2) is 9.97 Å².